The summed E-state index contributed by atoms with van der Waals surface area (Å²) in [4.78, 5) is 12.9. The van der Waals surface area contributed by atoms with Crippen molar-refractivity contribution in [2.75, 3.05) is 0 Å². The summed E-state index contributed by atoms with van der Waals surface area (Å²) in [7, 11) is 0. The van der Waals surface area contributed by atoms with Gasteiger partial charge in [-0.15, -0.1) is 0 Å². The van der Waals surface area contributed by atoms with Crippen LogP contribution in [-0.4, -0.2) is 15.7 Å². The summed E-state index contributed by atoms with van der Waals surface area (Å²) in [6, 6.07) is 25.3. The zero-order valence-corrected chi connectivity index (χ0v) is 16.0. The molecule has 0 unspecified atom stereocenters. The minimum atomic E-state index is -0.312. The molecule has 0 spiro atoms. The monoisotopic (exact) mass is 385 g/mol. The zero-order valence-electron chi connectivity index (χ0n) is 16.0. The number of carbonyl (C=O) groups is 1. The van der Waals surface area contributed by atoms with Gasteiger partial charge in [0, 0.05) is 12.1 Å². The van der Waals surface area contributed by atoms with Gasteiger partial charge in [0.25, 0.3) is 5.91 Å². The van der Waals surface area contributed by atoms with Crippen LogP contribution in [0.4, 0.5) is 4.39 Å². The fourth-order valence-corrected chi connectivity index (χ4v) is 3.06. The minimum Gasteiger partial charge on any atom is -0.347 e. The number of benzene rings is 3. The first-order valence-corrected chi connectivity index (χ1v) is 9.35. The predicted molar refractivity (Wildman–Crippen MR) is 111 cm³/mol. The molecule has 4 aromatic rings. The van der Waals surface area contributed by atoms with Gasteiger partial charge in [0.1, 0.15) is 11.5 Å². The molecule has 5 heteroatoms. The first kappa shape index (κ1) is 18.6. The maximum absolute atomic E-state index is 13.3. The number of hydrogen-bond acceptors (Lipinski definition) is 2. The average molecular weight is 385 g/mol. The van der Waals surface area contributed by atoms with Gasteiger partial charge in [-0.2, -0.15) is 5.10 Å². The Kier molecular flexibility index (Phi) is 5.20. The largest absolute Gasteiger partial charge is 0.347 e. The Bertz CT molecular complexity index is 1120. The number of aryl methyl sites for hydroxylation is 1. The first-order valence-electron chi connectivity index (χ1n) is 9.35. The lowest BCUT2D eigenvalue weighted by molar-refractivity contribution is 0.0943. The maximum atomic E-state index is 13.3. The molecule has 0 radical (unpaired) electrons. The average Bonchev–Trinajstić information content (AvgIpc) is 3.19. The van der Waals surface area contributed by atoms with Gasteiger partial charge in [-0.1, -0.05) is 48.0 Å². The normalized spacial score (nSPS) is 10.7. The molecule has 144 valence electrons. The first-order chi connectivity index (χ1) is 14.1. The van der Waals surface area contributed by atoms with E-state index >= 15 is 0 Å². The second kappa shape index (κ2) is 8.10. The number of nitrogens with zero attached hydrogens (tertiary/aromatic N) is 2. The van der Waals surface area contributed by atoms with Crippen LogP contribution in [0.1, 0.15) is 21.6 Å². The fourth-order valence-electron chi connectivity index (χ4n) is 3.06. The Morgan fingerprint density at radius 2 is 1.66 bits per heavy atom. The van der Waals surface area contributed by atoms with Gasteiger partial charge in [0.2, 0.25) is 0 Å². The van der Waals surface area contributed by atoms with E-state index in [0.717, 1.165) is 22.4 Å². The molecule has 29 heavy (non-hydrogen) atoms. The predicted octanol–water partition coefficient (Wildman–Crippen LogP) is 4.92. The molecule has 0 aliphatic heterocycles. The molecule has 0 aliphatic carbocycles. The summed E-state index contributed by atoms with van der Waals surface area (Å²) in [5, 5.41) is 7.57. The number of nitrogens with one attached hydrogen (secondary N) is 1. The number of rotatable bonds is 5. The van der Waals surface area contributed by atoms with Crippen LogP contribution in [0.5, 0.6) is 0 Å². The summed E-state index contributed by atoms with van der Waals surface area (Å²) in [5.74, 6) is -0.539. The minimum absolute atomic E-state index is 0.227. The molecule has 0 saturated carbocycles. The quantitative estimate of drug-likeness (QED) is 0.530. The van der Waals surface area contributed by atoms with Gasteiger partial charge < -0.3 is 5.32 Å². The lowest BCUT2D eigenvalue weighted by Gasteiger charge is -2.09. The molecule has 0 bridgehead atoms. The second-order valence-electron chi connectivity index (χ2n) is 6.84. The summed E-state index contributed by atoms with van der Waals surface area (Å²) >= 11 is 0. The van der Waals surface area contributed by atoms with Crippen molar-refractivity contribution in [2.24, 2.45) is 0 Å². The van der Waals surface area contributed by atoms with Crippen LogP contribution in [0.2, 0.25) is 0 Å². The van der Waals surface area contributed by atoms with Crippen LogP contribution < -0.4 is 5.32 Å². The van der Waals surface area contributed by atoms with E-state index in [9.17, 15) is 9.18 Å². The van der Waals surface area contributed by atoms with Crippen LogP contribution in [0.15, 0.2) is 84.9 Å². The zero-order chi connectivity index (χ0) is 20.2. The van der Waals surface area contributed by atoms with Crippen molar-refractivity contribution in [1.29, 1.82) is 0 Å². The second-order valence-corrected chi connectivity index (χ2v) is 6.84. The van der Waals surface area contributed by atoms with Crippen molar-refractivity contribution in [3.8, 4) is 16.9 Å². The SMILES string of the molecule is Cc1ccc(-n2nc(-c3ccc(F)cc3)cc2C(=O)NCc2ccccc2)cc1. The highest BCUT2D eigenvalue weighted by molar-refractivity contribution is 5.94. The van der Waals surface area contributed by atoms with Gasteiger partial charge in [0.05, 0.1) is 11.4 Å². The van der Waals surface area contributed by atoms with Gasteiger partial charge in [-0.25, -0.2) is 9.07 Å². The number of carbonyl (C=O) groups excluding carboxylic acids is 1. The lowest BCUT2D eigenvalue weighted by Crippen LogP contribution is -2.25. The summed E-state index contributed by atoms with van der Waals surface area (Å²) in [6.45, 7) is 2.43. The van der Waals surface area contributed by atoms with Gasteiger partial charge in [0.15, 0.2) is 0 Å². The molecule has 1 heterocycles. The third kappa shape index (κ3) is 4.24. The van der Waals surface area contributed by atoms with E-state index in [2.05, 4.69) is 10.4 Å². The molecular formula is C24H20FN3O. The van der Waals surface area contributed by atoms with E-state index in [1.165, 1.54) is 12.1 Å². The van der Waals surface area contributed by atoms with Crippen LogP contribution >= 0.6 is 0 Å². The fraction of sp³-hybridized carbons (Fsp3) is 0.0833. The molecule has 3 aromatic carbocycles. The molecule has 4 rings (SSSR count). The van der Waals surface area contributed by atoms with E-state index in [4.69, 9.17) is 0 Å². The molecular weight excluding hydrogens is 365 g/mol. The highest BCUT2D eigenvalue weighted by Crippen LogP contribution is 2.22. The third-order valence-corrected chi connectivity index (χ3v) is 4.66. The lowest BCUT2D eigenvalue weighted by atomic mass is 10.1. The van der Waals surface area contributed by atoms with Crippen molar-refractivity contribution in [1.82, 2.24) is 15.1 Å². The summed E-state index contributed by atoms with van der Waals surface area (Å²) in [6.07, 6.45) is 0. The highest BCUT2D eigenvalue weighted by Gasteiger charge is 2.17. The van der Waals surface area contributed by atoms with E-state index in [1.807, 2.05) is 61.5 Å². The Morgan fingerprint density at radius 1 is 0.966 bits per heavy atom. The molecule has 1 aromatic heterocycles. The van der Waals surface area contributed by atoms with Crippen LogP contribution in [-0.2, 0) is 6.54 Å². The molecule has 0 aliphatic rings. The van der Waals surface area contributed by atoms with Gasteiger partial charge in [-0.05, 0) is 55.0 Å². The van der Waals surface area contributed by atoms with E-state index in [1.54, 1.807) is 22.9 Å². The Labute approximate surface area is 168 Å². The summed E-state index contributed by atoms with van der Waals surface area (Å²) < 4.78 is 14.9. The molecule has 0 atom stereocenters. The van der Waals surface area contributed by atoms with E-state index in [-0.39, 0.29) is 11.7 Å². The third-order valence-electron chi connectivity index (χ3n) is 4.66. The van der Waals surface area contributed by atoms with Crippen molar-refractivity contribution < 1.29 is 9.18 Å². The van der Waals surface area contributed by atoms with Gasteiger partial charge >= 0.3 is 0 Å². The number of halogens is 1. The van der Waals surface area contributed by atoms with Crippen LogP contribution in [0.25, 0.3) is 16.9 Å². The number of amides is 1. The molecule has 1 amide bonds. The number of hydrogen-bond donors (Lipinski definition) is 1. The standard InChI is InChI=1S/C24H20FN3O/c1-17-7-13-21(14-8-17)28-23(24(29)26-16-18-5-3-2-4-6-18)15-22(27-28)19-9-11-20(25)12-10-19/h2-15H,16H2,1H3,(H,26,29). The van der Waals surface area contributed by atoms with Crippen molar-refractivity contribution in [3.05, 3.63) is 108 Å². The summed E-state index contributed by atoms with van der Waals surface area (Å²) in [5.41, 5.74) is 4.69. The van der Waals surface area contributed by atoms with Crippen LogP contribution in [0, 0.1) is 12.7 Å². The maximum Gasteiger partial charge on any atom is 0.270 e. The molecule has 0 fully saturated rings. The Morgan fingerprint density at radius 3 is 2.34 bits per heavy atom. The van der Waals surface area contributed by atoms with E-state index in [0.29, 0.717) is 17.9 Å². The van der Waals surface area contributed by atoms with Gasteiger partial charge in [-0.3, -0.25) is 4.79 Å². The number of aromatic nitrogens is 2. The topological polar surface area (TPSA) is 46.9 Å². The van der Waals surface area contributed by atoms with Crippen LogP contribution in [0.3, 0.4) is 0 Å². The highest BCUT2D eigenvalue weighted by atomic mass is 19.1. The molecule has 4 nitrogen and oxygen atoms in total. The smallest absolute Gasteiger partial charge is 0.270 e. The van der Waals surface area contributed by atoms with Crippen molar-refractivity contribution >= 4 is 5.91 Å². The Balaban J connectivity index is 1.69. The Hall–Kier alpha value is -3.73. The molecule has 1 N–H and O–H groups in total. The van der Waals surface area contributed by atoms with E-state index < -0.39 is 0 Å². The molecule has 0 saturated heterocycles. The van der Waals surface area contributed by atoms with Crippen molar-refractivity contribution in [3.63, 3.8) is 0 Å². The van der Waals surface area contributed by atoms with Crippen molar-refractivity contribution in [2.45, 2.75) is 13.5 Å².